The summed E-state index contributed by atoms with van der Waals surface area (Å²) in [6.07, 6.45) is -0.329. The number of hydrogen-bond acceptors (Lipinski definition) is 5. The van der Waals surface area contributed by atoms with Crippen molar-refractivity contribution in [1.82, 2.24) is 0 Å². The predicted molar refractivity (Wildman–Crippen MR) is 74.6 cm³/mol. The first-order chi connectivity index (χ1) is 9.35. The third kappa shape index (κ3) is 4.28. The second-order valence-electron chi connectivity index (χ2n) is 4.69. The molecule has 1 rings (SSSR count). The Kier molecular flexibility index (Phi) is 5.58. The molecule has 0 bridgehead atoms. The van der Waals surface area contributed by atoms with Gasteiger partial charge in [-0.2, -0.15) is 0 Å². The summed E-state index contributed by atoms with van der Waals surface area (Å²) in [6, 6.07) is 4.05. The van der Waals surface area contributed by atoms with E-state index in [2.05, 4.69) is 6.58 Å². The van der Waals surface area contributed by atoms with Crippen molar-refractivity contribution < 1.29 is 24.5 Å². The summed E-state index contributed by atoms with van der Waals surface area (Å²) in [5.41, 5.74) is 0.242. The molecule has 5 nitrogen and oxygen atoms in total. The van der Waals surface area contributed by atoms with Crippen LogP contribution in [0.25, 0.3) is 0 Å². The molecule has 0 saturated heterocycles. The molecule has 110 valence electrons. The van der Waals surface area contributed by atoms with Gasteiger partial charge in [0.1, 0.15) is 5.75 Å². The van der Waals surface area contributed by atoms with Crippen molar-refractivity contribution in [3.8, 4) is 17.2 Å². The van der Waals surface area contributed by atoms with Gasteiger partial charge in [-0.25, -0.2) is 4.79 Å². The van der Waals surface area contributed by atoms with Crippen LogP contribution in [0.2, 0.25) is 0 Å². The fraction of sp³-hybridized carbons (Fsp3) is 0.400. The zero-order valence-corrected chi connectivity index (χ0v) is 11.9. The summed E-state index contributed by atoms with van der Waals surface area (Å²) in [5, 5.41) is 19.3. The van der Waals surface area contributed by atoms with E-state index in [0.717, 1.165) is 6.42 Å². The van der Waals surface area contributed by atoms with Gasteiger partial charge in [0.2, 0.25) is 0 Å². The van der Waals surface area contributed by atoms with E-state index in [0.29, 0.717) is 0 Å². The van der Waals surface area contributed by atoms with Gasteiger partial charge in [-0.15, -0.1) is 0 Å². The number of benzene rings is 1. The first-order valence-electron chi connectivity index (χ1n) is 6.40. The molecule has 0 aliphatic heterocycles. The molecule has 5 heteroatoms. The van der Waals surface area contributed by atoms with Gasteiger partial charge in [-0.05, 0) is 25.5 Å². The van der Waals surface area contributed by atoms with Crippen molar-refractivity contribution in [2.75, 3.05) is 0 Å². The normalized spacial score (nSPS) is 13.4. The van der Waals surface area contributed by atoms with E-state index >= 15 is 0 Å². The van der Waals surface area contributed by atoms with Gasteiger partial charge in [0.15, 0.2) is 17.8 Å². The minimum absolute atomic E-state index is 0.0496. The second-order valence-corrected chi connectivity index (χ2v) is 4.69. The zero-order chi connectivity index (χ0) is 15.3. The molecule has 2 unspecified atom stereocenters. The Morgan fingerprint density at radius 2 is 2.05 bits per heavy atom. The van der Waals surface area contributed by atoms with Crippen LogP contribution < -0.4 is 9.47 Å². The molecule has 0 aromatic heterocycles. The maximum absolute atomic E-state index is 11.5. The number of phenolic OH excluding ortho intramolecular Hbond substituents is 1. The molecule has 0 spiro atoms. The highest BCUT2D eigenvalue weighted by Gasteiger charge is 2.18. The van der Waals surface area contributed by atoms with Gasteiger partial charge < -0.3 is 19.7 Å². The number of rotatable bonds is 6. The van der Waals surface area contributed by atoms with Crippen LogP contribution in [0, 0.1) is 5.92 Å². The maximum atomic E-state index is 11.5. The van der Waals surface area contributed by atoms with Gasteiger partial charge in [-0.3, -0.25) is 0 Å². The summed E-state index contributed by atoms with van der Waals surface area (Å²) in [6.45, 7) is 8.76. The van der Waals surface area contributed by atoms with Gasteiger partial charge in [0.05, 0.1) is 0 Å². The van der Waals surface area contributed by atoms with Crippen LogP contribution in [-0.2, 0) is 4.79 Å². The summed E-state index contributed by atoms with van der Waals surface area (Å²) >= 11 is 0. The number of esters is 1. The molecule has 0 aliphatic carbocycles. The highest BCUT2D eigenvalue weighted by Crippen LogP contribution is 2.33. The average Bonchev–Trinajstić information content (AvgIpc) is 2.40. The van der Waals surface area contributed by atoms with Gasteiger partial charge in [0.25, 0.3) is 0 Å². The first kappa shape index (κ1) is 16.0. The Labute approximate surface area is 118 Å². The minimum Gasteiger partial charge on any atom is -0.508 e. The lowest BCUT2D eigenvalue weighted by molar-refractivity contribution is -0.130. The molecule has 0 fully saturated rings. The lowest BCUT2D eigenvalue weighted by atomic mass is 10.1. The van der Waals surface area contributed by atoms with Crippen LogP contribution in [-0.4, -0.2) is 22.5 Å². The molecule has 2 N–H and O–H groups in total. The number of aliphatic hydroxyl groups excluding tert-OH is 1. The third-order valence-electron chi connectivity index (χ3n) is 2.86. The molecule has 0 saturated carbocycles. The van der Waals surface area contributed by atoms with Gasteiger partial charge >= 0.3 is 5.97 Å². The van der Waals surface area contributed by atoms with Crippen LogP contribution in [0.4, 0.5) is 0 Å². The molecule has 0 radical (unpaired) electrons. The van der Waals surface area contributed by atoms with E-state index in [1.165, 1.54) is 25.1 Å². The van der Waals surface area contributed by atoms with Crippen LogP contribution in [0.3, 0.4) is 0 Å². The number of hydrogen-bond donors (Lipinski definition) is 2. The van der Waals surface area contributed by atoms with Crippen LogP contribution in [0.5, 0.6) is 17.2 Å². The van der Waals surface area contributed by atoms with Crippen molar-refractivity contribution in [3.63, 3.8) is 0 Å². The van der Waals surface area contributed by atoms with Crippen molar-refractivity contribution in [2.45, 2.75) is 33.5 Å². The van der Waals surface area contributed by atoms with Crippen molar-refractivity contribution >= 4 is 5.97 Å². The standard InChI is InChI=1S/C15H20O5/c1-5-10(4)15(18)20-13-8-11(16)6-7-12(13)19-14(17)9(2)3/h6-8,10,15-16,18H,2,5H2,1,3-4H3. The predicted octanol–water partition coefficient (Wildman–Crippen LogP) is 2.62. The lowest BCUT2D eigenvalue weighted by Crippen LogP contribution is -2.24. The number of carbonyl (C=O) groups excluding carboxylic acids is 1. The molecule has 1 aromatic rings. The average molecular weight is 280 g/mol. The van der Waals surface area contributed by atoms with Crippen LogP contribution in [0.15, 0.2) is 30.4 Å². The quantitative estimate of drug-likeness (QED) is 0.362. The maximum Gasteiger partial charge on any atom is 0.338 e. The van der Waals surface area contributed by atoms with Crippen molar-refractivity contribution in [3.05, 3.63) is 30.4 Å². The van der Waals surface area contributed by atoms with Crippen LogP contribution >= 0.6 is 0 Å². The Bertz CT molecular complexity index is 495. The van der Waals surface area contributed by atoms with E-state index in [4.69, 9.17) is 9.47 Å². The Morgan fingerprint density at radius 3 is 2.60 bits per heavy atom. The van der Waals surface area contributed by atoms with Crippen molar-refractivity contribution in [1.29, 1.82) is 0 Å². The fourth-order valence-electron chi connectivity index (χ4n) is 1.31. The summed E-state index contributed by atoms with van der Waals surface area (Å²) in [7, 11) is 0. The van der Waals surface area contributed by atoms with E-state index in [1.54, 1.807) is 0 Å². The summed E-state index contributed by atoms with van der Waals surface area (Å²) < 4.78 is 10.4. The smallest absolute Gasteiger partial charge is 0.338 e. The first-order valence-corrected chi connectivity index (χ1v) is 6.40. The highest BCUT2D eigenvalue weighted by molar-refractivity contribution is 5.89. The third-order valence-corrected chi connectivity index (χ3v) is 2.86. The lowest BCUT2D eigenvalue weighted by Gasteiger charge is -2.20. The molecule has 0 amide bonds. The monoisotopic (exact) mass is 280 g/mol. The Morgan fingerprint density at radius 1 is 1.40 bits per heavy atom. The minimum atomic E-state index is -1.05. The van der Waals surface area contributed by atoms with Crippen LogP contribution in [0.1, 0.15) is 27.2 Å². The zero-order valence-electron chi connectivity index (χ0n) is 11.9. The Balaban J connectivity index is 2.96. The van der Waals surface area contributed by atoms with Gasteiger partial charge in [-0.1, -0.05) is 20.4 Å². The van der Waals surface area contributed by atoms with E-state index in [-0.39, 0.29) is 28.7 Å². The summed E-state index contributed by atoms with van der Waals surface area (Å²) in [5.74, 6) is -0.516. The molecule has 0 aliphatic rings. The SMILES string of the molecule is C=C(C)C(=O)Oc1ccc(O)cc1OC(O)C(C)CC. The number of phenols is 1. The molecular weight excluding hydrogens is 260 g/mol. The number of ether oxygens (including phenoxy) is 2. The summed E-state index contributed by atoms with van der Waals surface area (Å²) in [4.78, 5) is 11.5. The number of aliphatic hydroxyl groups is 1. The highest BCUT2D eigenvalue weighted by atomic mass is 16.6. The molecule has 20 heavy (non-hydrogen) atoms. The number of aromatic hydroxyl groups is 1. The largest absolute Gasteiger partial charge is 0.508 e. The van der Waals surface area contributed by atoms with E-state index in [9.17, 15) is 15.0 Å². The van der Waals surface area contributed by atoms with Gasteiger partial charge in [0, 0.05) is 17.6 Å². The topological polar surface area (TPSA) is 76.0 Å². The molecular formula is C15H20O5. The number of carbonyl (C=O) groups is 1. The molecule has 2 atom stereocenters. The van der Waals surface area contributed by atoms with Crippen molar-refractivity contribution in [2.24, 2.45) is 5.92 Å². The molecule has 0 heterocycles. The Hall–Kier alpha value is -2.01. The fourth-order valence-corrected chi connectivity index (χ4v) is 1.31. The van der Waals surface area contributed by atoms with E-state index < -0.39 is 12.3 Å². The molecule has 1 aromatic carbocycles. The second kappa shape index (κ2) is 6.96. The van der Waals surface area contributed by atoms with E-state index in [1.807, 2.05) is 13.8 Å².